The van der Waals surface area contributed by atoms with Crippen LogP contribution >= 0.6 is 46.6 Å². The Labute approximate surface area is 149 Å². The van der Waals surface area contributed by atoms with Crippen molar-refractivity contribution in [3.05, 3.63) is 32.9 Å². The number of halogens is 9. The van der Waals surface area contributed by atoms with Crippen molar-refractivity contribution in [1.82, 2.24) is 9.78 Å². The van der Waals surface area contributed by atoms with Crippen LogP contribution in [0.25, 0.3) is 5.69 Å². The van der Waals surface area contributed by atoms with E-state index in [1.807, 2.05) is 0 Å². The summed E-state index contributed by atoms with van der Waals surface area (Å²) in [4.78, 5) is -0.615. The predicted molar refractivity (Wildman–Crippen MR) is 79.9 cm³/mol. The Morgan fingerprint density at radius 1 is 1.00 bits per heavy atom. The van der Waals surface area contributed by atoms with Crippen molar-refractivity contribution in [3.8, 4) is 5.69 Å². The average molecular weight is 431 g/mol. The van der Waals surface area contributed by atoms with Gasteiger partial charge in [-0.05, 0) is 23.9 Å². The van der Waals surface area contributed by atoms with Crippen molar-refractivity contribution in [3.63, 3.8) is 0 Å². The molecule has 2 N–H and O–H groups in total. The summed E-state index contributed by atoms with van der Waals surface area (Å²) in [5.74, 6) is -0.564. The van der Waals surface area contributed by atoms with E-state index in [2.05, 4.69) is 5.10 Å². The van der Waals surface area contributed by atoms with E-state index in [-0.39, 0.29) is 5.69 Å². The number of nitrogens with two attached hydrogens (primary N) is 1. The third-order valence-corrected chi connectivity index (χ3v) is 4.40. The van der Waals surface area contributed by atoms with Crippen LogP contribution in [0.15, 0.2) is 17.0 Å². The van der Waals surface area contributed by atoms with E-state index in [0.717, 1.165) is 0 Å². The lowest BCUT2D eigenvalue weighted by atomic mass is 10.2. The van der Waals surface area contributed by atoms with Gasteiger partial charge in [-0.3, -0.25) is 0 Å². The topological polar surface area (TPSA) is 43.8 Å². The maximum atomic E-state index is 12.7. The zero-order chi connectivity index (χ0) is 18.4. The molecule has 0 amide bonds. The highest BCUT2D eigenvalue weighted by Gasteiger charge is 2.35. The summed E-state index contributed by atoms with van der Waals surface area (Å²) in [6.45, 7) is 0. The van der Waals surface area contributed by atoms with E-state index in [4.69, 9.17) is 40.5 Å². The number of rotatable bonds is 2. The number of hydrogen-bond acceptors (Lipinski definition) is 3. The van der Waals surface area contributed by atoms with E-state index in [0.29, 0.717) is 16.8 Å². The molecule has 1 aromatic heterocycles. The zero-order valence-electron chi connectivity index (χ0n) is 10.9. The molecular formula is C11H4Cl3F6N3S. The van der Waals surface area contributed by atoms with Crippen LogP contribution < -0.4 is 5.73 Å². The molecule has 132 valence electrons. The van der Waals surface area contributed by atoms with Crippen molar-refractivity contribution >= 4 is 52.4 Å². The highest BCUT2D eigenvalue weighted by molar-refractivity contribution is 8.00. The molecule has 1 heterocycles. The van der Waals surface area contributed by atoms with Crippen LogP contribution in [0.2, 0.25) is 15.2 Å². The fraction of sp³-hybridized carbons (Fsp3) is 0.182. The lowest BCUT2D eigenvalue weighted by Crippen LogP contribution is -2.09. The normalized spacial score (nSPS) is 12.7. The molecule has 0 aliphatic heterocycles. The standard InChI is InChI=1S/C11H4Cl3F6N3S/c12-4-1-3(10(15,16)17)2-5(13)6(4)23-9(21)7(8(14)22-23)24-11(18,19)20/h1-2H,21H2. The quantitative estimate of drug-likeness (QED) is 0.466. The number of nitrogen functional groups attached to an aromatic ring is 1. The van der Waals surface area contributed by atoms with Gasteiger partial charge in [-0.25, -0.2) is 4.68 Å². The van der Waals surface area contributed by atoms with Gasteiger partial charge in [-0.1, -0.05) is 34.8 Å². The largest absolute Gasteiger partial charge is 0.446 e. The van der Waals surface area contributed by atoms with Crippen LogP contribution in [0.4, 0.5) is 32.2 Å². The van der Waals surface area contributed by atoms with Gasteiger partial charge < -0.3 is 5.73 Å². The molecule has 24 heavy (non-hydrogen) atoms. The van der Waals surface area contributed by atoms with Gasteiger partial charge in [0.05, 0.1) is 20.5 Å². The third-order valence-electron chi connectivity index (χ3n) is 2.61. The van der Waals surface area contributed by atoms with Gasteiger partial charge in [0.2, 0.25) is 0 Å². The molecule has 2 aromatic rings. The van der Waals surface area contributed by atoms with Crippen molar-refractivity contribution < 1.29 is 26.3 Å². The minimum Gasteiger partial charge on any atom is -0.383 e. The Morgan fingerprint density at radius 3 is 1.92 bits per heavy atom. The van der Waals surface area contributed by atoms with Gasteiger partial charge >= 0.3 is 11.7 Å². The molecule has 0 unspecified atom stereocenters. The molecule has 1 aromatic carbocycles. The lowest BCUT2D eigenvalue weighted by Gasteiger charge is -2.13. The van der Waals surface area contributed by atoms with Gasteiger partial charge in [0.15, 0.2) is 5.15 Å². The summed E-state index contributed by atoms with van der Waals surface area (Å²) in [5, 5.41) is 1.95. The predicted octanol–water partition coefficient (Wildman–Crippen LogP) is 6.05. The minimum atomic E-state index is -4.71. The molecule has 0 bridgehead atoms. The molecule has 0 spiro atoms. The van der Waals surface area contributed by atoms with Crippen molar-refractivity contribution in [1.29, 1.82) is 0 Å². The molecule has 0 aliphatic carbocycles. The summed E-state index contributed by atoms with van der Waals surface area (Å²) in [6, 6.07) is 1.10. The number of anilines is 1. The second-order valence-corrected chi connectivity index (χ2v) is 6.50. The molecular weight excluding hydrogens is 427 g/mol. The monoisotopic (exact) mass is 429 g/mol. The van der Waals surface area contributed by atoms with E-state index >= 15 is 0 Å². The van der Waals surface area contributed by atoms with E-state index < -0.39 is 54.9 Å². The Morgan fingerprint density at radius 2 is 1.50 bits per heavy atom. The van der Waals surface area contributed by atoms with E-state index in [1.165, 1.54) is 0 Å². The molecule has 0 radical (unpaired) electrons. The molecule has 0 atom stereocenters. The minimum absolute atomic E-state index is 0.320. The van der Waals surface area contributed by atoms with Gasteiger partial charge in [0, 0.05) is 0 Å². The Hall–Kier alpha value is -0.970. The maximum Gasteiger partial charge on any atom is 0.446 e. The van der Waals surface area contributed by atoms with Gasteiger partial charge in [0.1, 0.15) is 11.5 Å². The number of alkyl halides is 6. The van der Waals surface area contributed by atoms with Crippen LogP contribution in [0.3, 0.4) is 0 Å². The molecule has 0 aliphatic rings. The number of hydrogen-bond donors (Lipinski definition) is 1. The fourth-order valence-corrected chi connectivity index (χ4v) is 3.18. The van der Waals surface area contributed by atoms with Crippen molar-refractivity contribution in [2.24, 2.45) is 0 Å². The van der Waals surface area contributed by atoms with E-state index in [1.54, 1.807) is 0 Å². The first-order chi connectivity index (χ1) is 10.8. The SMILES string of the molecule is Nc1c(SC(F)(F)F)c(Cl)nn1-c1c(Cl)cc(C(F)(F)F)cc1Cl. The number of benzene rings is 1. The first kappa shape index (κ1) is 19.4. The molecule has 3 nitrogen and oxygen atoms in total. The molecule has 13 heteroatoms. The highest BCUT2D eigenvalue weighted by Crippen LogP contribution is 2.45. The third kappa shape index (κ3) is 3.98. The number of nitrogens with zero attached hydrogens (tertiary/aromatic N) is 2. The maximum absolute atomic E-state index is 12.7. The lowest BCUT2D eigenvalue weighted by molar-refractivity contribution is -0.137. The Balaban J connectivity index is 2.60. The van der Waals surface area contributed by atoms with Crippen LogP contribution in [0, 0.1) is 0 Å². The molecule has 2 rings (SSSR count). The van der Waals surface area contributed by atoms with Crippen LogP contribution in [-0.2, 0) is 6.18 Å². The summed E-state index contributed by atoms with van der Waals surface area (Å²) >= 11 is 16.5. The van der Waals surface area contributed by atoms with Crippen molar-refractivity contribution in [2.45, 2.75) is 16.6 Å². The number of aromatic nitrogens is 2. The molecule has 0 saturated heterocycles. The average Bonchev–Trinajstić information content (AvgIpc) is 2.63. The second-order valence-electron chi connectivity index (χ2n) is 4.25. The van der Waals surface area contributed by atoms with Crippen LogP contribution in [0.5, 0.6) is 0 Å². The van der Waals surface area contributed by atoms with Crippen LogP contribution in [-0.4, -0.2) is 15.3 Å². The molecule has 0 saturated carbocycles. The summed E-state index contributed by atoms with van der Waals surface area (Å²) in [6.07, 6.45) is -4.71. The second kappa shape index (κ2) is 6.40. The first-order valence-electron chi connectivity index (χ1n) is 5.67. The van der Waals surface area contributed by atoms with Gasteiger partial charge in [-0.15, -0.1) is 0 Å². The van der Waals surface area contributed by atoms with Gasteiger partial charge in [0.25, 0.3) is 0 Å². The Bertz CT molecular complexity index is 764. The smallest absolute Gasteiger partial charge is 0.383 e. The van der Waals surface area contributed by atoms with Gasteiger partial charge in [-0.2, -0.15) is 31.4 Å². The zero-order valence-corrected chi connectivity index (χ0v) is 14.0. The fourth-order valence-electron chi connectivity index (χ4n) is 1.70. The van der Waals surface area contributed by atoms with Crippen molar-refractivity contribution in [2.75, 3.05) is 5.73 Å². The summed E-state index contributed by atoms with van der Waals surface area (Å²) in [5.41, 5.74) is -0.590. The summed E-state index contributed by atoms with van der Waals surface area (Å²) < 4.78 is 76.2. The Kier molecular flexibility index (Phi) is 5.16. The van der Waals surface area contributed by atoms with Crippen LogP contribution in [0.1, 0.15) is 5.56 Å². The first-order valence-corrected chi connectivity index (χ1v) is 7.62. The number of thioether (sulfide) groups is 1. The molecule has 0 fully saturated rings. The van der Waals surface area contributed by atoms with E-state index in [9.17, 15) is 26.3 Å². The highest BCUT2D eigenvalue weighted by atomic mass is 35.5. The summed E-state index contributed by atoms with van der Waals surface area (Å²) in [7, 11) is 0.